The van der Waals surface area contributed by atoms with Crippen LogP contribution in [-0.2, 0) is 9.53 Å². The highest BCUT2D eigenvalue weighted by Crippen LogP contribution is 2.30. The minimum Gasteiger partial charge on any atom is -0.496 e. The predicted molar refractivity (Wildman–Crippen MR) is 129 cm³/mol. The number of carbonyl (C=O) groups excluding carboxylic acids is 1. The standard InChI is InChI=1S/C26H26N2O4S/c1-6-32-25(30)22-17(4)27-26-28(23(22)19-10-7-15(2)8-11-19)24(29)21(33-26)14-18-9-12-20(31-5)16(3)13-18/h7-14,23H,6H2,1-5H3/b21-14+/t23-/m1/s1. The van der Waals surface area contributed by atoms with Crippen LogP contribution in [0.2, 0.25) is 0 Å². The molecule has 0 radical (unpaired) electrons. The lowest BCUT2D eigenvalue weighted by Gasteiger charge is -2.24. The highest BCUT2D eigenvalue weighted by atomic mass is 32.1. The van der Waals surface area contributed by atoms with Crippen molar-refractivity contribution in [1.82, 2.24) is 4.57 Å². The minimum atomic E-state index is -0.597. The Morgan fingerprint density at radius 2 is 1.88 bits per heavy atom. The van der Waals surface area contributed by atoms with Crippen LogP contribution in [0.4, 0.5) is 0 Å². The van der Waals surface area contributed by atoms with Crippen LogP contribution in [-0.4, -0.2) is 24.3 Å². The number of benzene rings is 2. The molecule has 0 unspecified atom stereocenters. The van der Waals surface area contributed by atoms with Gasteiger partial charge in [-0.1, -0.05) is 47.2 Å². The summed E-state index contributed by atoms with van der Waals surface area (Å²) in [6, 6.07) is 13.0. The number of hydrogen-bond donors (Lipinski definition) is 0. The van der Waals surface area contributed by atoms with Gasteiger partial charge in [-0.25, -0.2) is 9.79 Å². The van der Waals surface area contributed by atoms with Gasteiger partial charge in [0, 0.05) is 0 Å². The lowest BCUT2D eigenvalue weighted by Crippen LogP contribution is -2.39. The molecule has 2 aromatic carbocycles. The summed E-state index contributed by atoms with van der Waals surface area (Å²) in [7, 11) is 1.63. The van der Waals surface area contributed by atoms with E-state index in [0.29, 0.717) is 20.6 Å². The second kappa shape index (κ2) is 9.19. The molecular weight excluding hydrogens is 436 g/mol. The Kier molecular flexibility index (Phi) is 6.33. The molecule has 7 heteroatoms. The van der Waals surface area contributed by atoms with E-state index in [1.807, 2.05) is 62.4 Å². The first kappa shape index (κ1) is 22.7. The fourth-order valence-corrected chi connectivity index (χ4v) is 5.05. The van der Waals surface area contributed by atoms with Crippen LogP contribution in [0, 0.1) is 13.8 Å². The summed E-state index contributed by atoms with van der Waals surface area (Å²) in [5.74, 6) is 0.340. The van der Waals surface area contributed by atoms with Gasteiger partial charge in [0.25, 0.3) is 5.56 Å². The summed E-state index contributed by atoms with van der Waals surface area (Å²) >= 11 is 1.32. The largest absolute Gasteiger partial charge is 0.496 e. The van der Waals surface area contributed by atoms with E-state index in [0.717, 1.165) is 28.0 Å². The number of nitrogens with zero attached hydrogens (tertiary/aromatic N) is 2. The molecular formula is C26H26N2O4S. The molecule has 1 aliphatic heterocycles. The normalized spacial score (nSPS) is 15.8. The summed E-state index contributed by atoms with van der Waals surface area (Å²) in [5.41, 5.74) is 4.58. The molecule has 4 rings (SSSR count). The minimum absolute atomic E-state index is 0.188. The number of methoxy groups -OCH3 is 1. The van der Waals surface area contributed by atoms with Gasteiger partial charge in [0.15, 0.2) is 4.80 Å². The molecule has 1 aromatic heterocycles. The lowest BCUT2D eigenvalue weighted by atomic mass is 9.95. The van der Waals surface area contributed by atoms with Crippen molar-refractivity contribution < 1.29 is 14.3 Å². The van der Waals surface area contributed by atoms with Crippen molar-refractivity contribution in [2.45, 2.75) is 33.7 Å². The van der Waals surface area contributed by atoms with Gasteiger partial charge in [-0.05, 0) is 62.6 Å². The molecule has 1 atom stereocenters. The van der Waals surface area contributed by atoms with E-state index < -0.39 is 12.0 Å². The van der Waals surface area contributed by atoms with Gasteiger partial charge in [-0.15, -0.1) is 0 Å². The number of hydrogen-bond acceptors (Lipinski definition) is 6. The maximum absolute atomic E-state index is 13.6. The average molecular weight is 463 g/mol. The predicted octanol–water partition coefficient (Wildman–Crippen LogP) is 3.42. The molecule has 170 valence electrons. The summed E-state index contributed by atoms with van der Waals surface area (Å²) in [5, 5.41) is 0. The molecule has 2 heterocycles. The fraction of sp³-hybridized carbons (Fsp3) is 0.269. The lowest BCUT2D eigenvalue weighted by molar-refractivity contribution is -0.139. The van der Waals surface area contributed by atoms with Crippen molar-refractivity contribution in [2.24, 2.45) is 4.99 Å². The van der Waals surface area contributed by atoms with E-state index in [-0.39, 0.29) is 12.2 Å². The third kappa shape index (κ3) is 4.28. The Balaban J connectivity index is 1.93. The molecule has 33 heavy (non-hydrogen) atoms. The molecule has 0 N–H and O–H groups in total. The van der Waals surface area contributed by atoms with Gasteiger partial charge >= 0.3 is 5.97 Å². The number of aromatic nitrogens is 1. The van der Waals surface area contributed by atoms with Gasteiger partial charge < -0.3 is 9.47 Å². The van der Waals surface area contributed by atoms with E-state index in [2.05, 4.69) is 4.99 Å². The number of aryl methyl sites for hydroxylation is 2. The zero-order valence-electron chi connectivity index (χ0n) is 19.3. The molecule has 0 aliphatic carbocycles. The van der Waals surface area contributed by atoms with Gasteiger partial charge in [0.2, 0.25) is 0 Å². The molecule has 0 fully saturated rings. The molecule has 6 nitrogen and oxygen atoms in total. The maximum Gasteiger partial charge on any atom is 0.338 e. The van der Waals surface area contributed by atoms with E-state index in [4.69, 9.17) is 9.47 Å². The number of carbonyl (C=O) groups is 1. The second-order valence-electron chi connectivity index (χ2n) is 7.94. The molecule has 0 spiro atoms. The highest BCUT2D eigenvalue weighted by Gasteiger charge is 2.33. The van der Waals surface area contributed by atoms with Crippen LogP contribution in [0.5, 0.6) is 5.75 Å². The number of esters is 1. The molecule has 1 aliphatic rings. The number of fused-ring (bicyclic) bond motifs is 1. The van der Waals surface area contributed by atoms with Crippen molar-refractivity contribution in [3.63, 3.8) is 0 Å². The summed E-state index contributed by atoms with van der Waals surface area (Å²) in [4.78, 5) is 31.7. The maximum atomic E-state index is 13.6. The van der Waals surface area contributed by atoms with E-state index in [9.17, 15) is 9.59 Å². The highest BCUT2D eigenvalue weighted by molar-refractivity contribution is 7.07. The summed E-state index contributed by atoms with van der Waals surface area (Å²) < 4.78 is 12.8. The van der Waals surface area contributed by atoms with Gasteiger partial charge in [0.05, 0.1) is 35.6 Å². The Bertz CT molecular complexity index is 1430. The van der Waals surface area contributed by atoms with Crippen molar-refractivity contribution >= 4 is 23.4 Å². The first-order chi connectivity index (χ1) is 15.8. The quantitative estimate of drug-likeness (QED) is 0.545. The molecule has 0 saturated carbocycles. The van der Waals surface area contributed by atoms with Crippen molar-refractivity contribution in [3.8, 4) is 5.75 Å². The Hall–Kier alpha value is -3.45. The van der Waals surface area contributed by atoms with Crippen LogP contribution in [0.1, 0.15) is 42.1 Å². The van der Waals surface area contributed by atoms with Crippen LogP contribution in [0.3, 0.4) is 0 Å². The van der Waals surface area contributed by atoms with Crippen molar-refractivity contribution in [2.75, 3.05) is 13.7 Å². The molecule has 0 amide bonds. The zero-order valence-corrected chi connectivity index (χ0v) is 20.2. The SMILES string of the molecule is CCOC(=O)C1=C(C)N=c2s/c(=C/c3ccc(OC)c(C)c3)c(=O)n2[C@@H]1c1ccc(C)cc1. The Morgan fingerprint density at radius 1 is 1.15 bits per heavy atom. The van der Waals surface area contributed by atoms with E-state index >= 15 is 0 Å². The summed E-state index contributed by atoms with van der Waals surface area (Å²) in [6.07, 6.45) is 1.85. The number of allylic oxidation sites excluding steroid dienone is 1. The van der Waals surface area contributed by atoms with E-state index in [1.165, 1.54) is 11.3 Å². The number of ether oxygens (including phenoxy) is 2. The number of rotatable bonds is 5. The monoisotopic (exact) mass is 462 g/mol. The first-order valence-electron chi connectivity index (χ1n) is 10.7. The second-order valence-corrected chi connectivity index (χ2v) is 8.95. The van der Waals surface area contributed by atoms with Crippen LogP contribution < -0.4 is 19.6 Å². The Labute approximate surface area is 196 Å². The van der Waals surface area contributed by atoms with E-state index in [1.54, 1.807) is 25.5 Å². The van der Waals surface area contributed by atoms with Crippen LogP contribution in [0.25, 0.3) is 6.08 Å². The topological polar surface area (TPSA) is 69.9 Å². The third-order valence-electron chi connectivity index (χ3n) is 5.63. The smallest absolute Gasteiger partial charge is 0.338 e. The summed E-state index contributed by atoms with van der Waals surface area (Å²) in [6.45, 7) is 7.76. The van der Waals surface area contributed by atoms with Crippen LogP contribution >= 0.6 is 11.3 Å². The van der Waals surface area contributed by atoms with Gasteiger partial charge in [-0.2, -0.15) is 0 Å². The Morgan fingerprint density at radius 3 is 2.52 bits per heavy atom. The third-order valence-corrected chi connectivity index (χ3v) is 6.61. The molecule has 0 saturated heterocycles. The molecule has 0 bridgehead atoms. The van der Waals surface area contributed by atoms with Crippen LogP contribution in [0.15, 0.2) is 63.5 Å². The van der Waals surface area contributed by atoms with Crippen molar-refractivity contribution in [3.05, 3.63) is 95.7 Å². The van der Waals surface area contributed by atoms with Gasteiger partial charge in [0.1, 0.15) is 5.75 Å². The number of thiazole rings is 1. The molecule has 3 aromatic rings. The fourth-order valence-electron chi connectivity index (χ4n) is 4.00. The zero-order chi connectivity index (χ0) is 23.7. The first-order valence-corrected chi connectivity index (χ1v) is 11.6. The van der Waals surface area contributed by atoms with Gasteiger partial charge in [-0.3, -0.25) is 9.36 Å². The van der Waals surface area contributed by atoms with Crippen molar-refractivity contribution in [1.29, 1.82) is 0 Å². The average Bonchev–Trinajstić information content (AvgIpc) is 3.08.